The highest BCUT2D eigenvalue weighted by molar-refractivity contribution is 5.76. The summed E-state index contributed by atoms with van der Waals surface area (Å²) in [5.41, 5.74) is 8.63. The lowest BCUT2D eigenvalue weighted by Gasteiger charge is -2.37. The molecule has 0 radical (unpaired) electrons. The van der Waals surface area contributed by atoms with Gasteiger partial charge in [0.15, 0.2) is 0 Å². The number of nitrogens with zero attached hydrogens (tertiary/aromatic N) is 3. The predicted octanol–water partition coefficient (Wildman–Crippen LogP) is 14.5. The molecule has 1 saturated heterocycles. The van der Waals surface area contributed by atoms with Gasteiger partial charge in [0.25, 0.3) is 0 Å². The van der Waals surface area contributed by atoms with Gasteiger partial charge in [0.05, 0.1) is 18.8 Å². The fraction of sp³-hybridized carbons (Fsp3) is 0.957. The van der Waals surface area contributed by atoms with Gasteiger partial charge < -0.3 is 19.5 Å². The highest BCUT2D eigenvalue weighted by Crippen LogP contribution is 2.34. The molecule has 56 heavy (non-hydrogen) atoms. The van der Waals surface area contributed by atoms with Crippen molar-refractivity contribution >= 4 is 11.9 Å². The van der Waals surface area contributed by atoms with E-state index in [-0.39, 0.29) is 24.1 Å². The van der Waals surface area contributed by atoms with Crippen molar-refractivity contribution in [3.05, 3.63) is 10.4 Å². The van der Waals surface area contributed by atoms with Crippen molar-refractivity contribution in [1.82, 2.24) is 5.32 Å². The second kappa shape index (κ2) is 37.4. The molecule has 0 aromatic rings. The van der Waals surface area contributed by atoms with Crippen LogP contribution >= 0.6 is 0 Å². The average Bonchev–Trinajstić information content (AvgIpc) is 3.67. The van der Waals surface area contributed by atoms with Crippen LogP contribution in [0.15, 0.2) is 5.11 Å². The number of nitrogens with one attached hydrogen (secondary N) is 1. The lowest BCUT2D eigenvalue weighted by molar-refractivity contribution is -0.259. The van der Waals surface area contributed by atoms with Crippen molar-refractivity contribution in [1.29, 1.82) is 0 Å². The first-order chi connectivity index (χ1) is 27.4. The van der Waals surface area contributed by atoms with Gasteiger partial charge in [0, 0.05) is 30.7 Å². The van der Waals surface area contributed by atoms with Gasteiger partial charge in [-0.25, -0.2) is 0 Å². The van der Waals surface area contributed by atoms with Crippen molar-refractivity contribution in [2.24, 2.45) is 5.11 Å². The molecule has 0 bridgehead atoms. The zero-order valence-electron chi connectivity index (χ0n) is 37.3. The van der Waals surface area contributed by atoms with Gasteiger partial charge in [0.2, 0.25) is 5.79 Å². The monoisotopic (exact) mass is 791 g/mol. The van der Waals surface area contributed by atoms with Crippen LogP contribution in [0.4, 0.5) is 0 Å². The number of hydrogen-bond acceptors (Lipinski definition) is 7. The summed E-state index contributed by atoms with van der Waals surface area (Å²) in [6, 6.07) is -0.584. The van der Waals surface area contributed by atoms with Crippen molar-refractivity contribution in [2.75, 3.05) is 13.2 Å². The van der Waals surface area contributed by atoms with Crippen molar-refractivity contribution in [3.63, 3.8) is 0 Å². The first kappa shape index (κ1) is 52.2. The fourth-order valence-electron chi connectivity index (χ4n) is 8.08. The average molecular weight is 791 g/mol. The van der Waals surface area contributed by atoms with E-state index in [2.05, 4.69) is 43.0 Å². The number of ether oxygens (including phenoxy) is 3. The van der Waals surface area contributed by atoms with Crippen LogP contribution in [0, 0.1) is 0 Å². The number of carbonyl (C=O) groups excluding carboxylic acids is 2. The Labute approximate surface area is 345 Å². The first-order valence-corrected chi connectivity index (χ1v) is 24.3. The third-order valence-corrected chi connectivity index (χ3v) is 11.6. The number of azide groups is 1. The summed E-state index contributed by atoms with van der Waals surface area (Å²) in [6.45, 7) is 10.00. The van der Waals surface area contributed by atoms with Crippen LogP contribution in [0.25, 0.3) is 10.4 Å². The van der Waals surface area contributed by atoms with Gasteiger partial charge in [-0.15, -0.1) is 0 Å². The van der Waals surface area contributed by atoms with Gasteiger partial charge >= 0.3 is 11.9 Å². The molecule has 0 aliphatic carbocycles. The molecular weight excluding hydrogens is 701 g/mol. The zero-order chi connectivity index (χ0) is 40.8. The normalized spacial score (nSPS) is 15.7. The van der Waals surface area contributed by atoms with Crippen LogP contribution in [0.3, 0.4) is 0 Å². The van der Waals surface area contributed by atoms with Crippen LogP contribution in [-0.4, -0.2) is 49.1 Å². The highest BCUT2D eigenvalue weighted by atomic mass is 16.7. The standard InChI is InChI=1S/C47H90N4O5/c1-5-9-13-17-22-28-34-43(35-29-23-18-14-10-6-2)55-47(37-31-25-19-15-11-7-3,38-32-26-20-16-12-8-4)56-45(52)36-30-24-21-27-33-39-54-46(53)44-40-42(41-49-44)50-51-48/h42-44,49H,5-41H2,1-4H3/t42-,44-/m0/s1. The summed E-state index contributed by atoms with van der Waals surface area (Å²) in [4.78, 5) is 28.9. The SMILES string of the molecule is CCCCCCCCC(CCCCCCCC)OC(CCCCCCCC)(CCCCCCCC)OC(=O)CCCCCCCOC(=O)[C@@H]1C[C@H](N=[N+]=[N-])CN1. The molecule has 1 rings (SSSR count). The summed E-state index contributed by atoms with van der Waals surface area (Å²) in [5, 5.41) is 6.78. The Morgan fingerprint density at radius 1 is 0.643 bits per heavy atom. The summed E-state index contributed by atoms with van der Waals surface area (Å²) in [7, 11) is 0. The Morgan fingerprint density at radius 2 is 1.09 bits per heavy atom. The minimum Gasteiger partial charge on any atom is -0.465 e. The number of esters is 2. The van der Waals surface area contributed by atoms with Crippen LogP contribution in [-0.2, 0) is 23.8 Å². The fourth-order valence-corrected chi connectivity index (χ4v) is 8.08. The van der Waals surface area contributed by atoms with E-state index < -0.39 is 11.8 Å². The minimum atomic E-state index is -0.819. The molecule has 9 heteroatoms. The van der Waals surface area contributed by atoms with E-state index in [1.165, 1.54) is 141 Å². The van der Waals surface area contributed by atoms with E-state index in [9.17, 15) is 9.59 Å². The van der Waals surface area contributed by atoms with Gasteiger partial charge in [0.1, 0.15) is 6.04 Å². The number of carbonyl (C=O) groups is 2. The molecule has 1 aliphatic heterocycles. The van der Waals surface area contributed by atoms with E-state index in [1.807, 2.05) is 0 Å². The second-order valence-electron chi connectivity index (χ2n) is 17.0. The molecule has 1 heterocycles. The Morgan fingerprint density at radius 3 is 1.59 bits per heavy atom. The number of unbranched alkanes of at least 4 members (excludes halogenated alkanes) is 24. The van der Waals surface area contributed by atoms with Crippen LogP contribution < -0.4 is 5.32 Å². The maximum absolute atomic E-state index is 13.7. The topological polar surface area (TPSA) is 123 Å². The molecular formula is C47H90N4O5. The zero-order valence-corrected chi connectivity index (χ0v) is 37.3. The Bertz CT molecular complexity index is 942. The first-order valence-electron chi connectivity index (χ1n) is 24.3. The maximum Gasteiger partial charge on any atom is 0.323 e. The molecule has 0 aromatic heterocycles. The van der Waals surface area contributed by atoms with Crippen molar-refractivity contribution in [3.8, 4) is 0 Å². The molecule has 1 fully saturated rings. The van der Waals surface area contributed by atoms with Crippen LogP contribution in [0.5, 0.6) is 0 Å². The Kier molecular flexibility index (Phi) is 34.9. The van der Waals surface area contributed by atoms with E-state index in [1.54, 1.807) is 0 Å². The Balaban J connectivity index is 2.86. The summed E-state index contributed by atoms with van der Waals surface area (Å²) < 4.78 is 19.4. The molecule has 1 N–H and O–H groups in total. The molecule has 328 valence electrons. The molecule has 0 aromatic carbocycles. The third-order valence-electron chi connectivity index (χ3n) is 11.6. The molecule has 2 atom stereocenters. The van der Waals surface area contributed by atoms with Gasteiger partial charge in [-0.1, -0.05) is 193 Å². The lowest BCUT2D eigenvalue weighted by atomic mass is 9.97. The molecule has 9 nitrogen and oxygen atoms in total. The van der Waals surface area contributed by atoms with E-state index in [4.69, 9.17) is 19.7 Å². The molecule has 1 aliphatic rings. The predicted molar refractivity (Wildman–Crippen MR) is 234 cm³/mol. The van der Waals surface area contributed by atoms with E-state index in [0.29, 0.717) is 26.0 Å². The van der Waals surface area contributed by atoms with Gasteiger partial charge in [-0.3, -0.25) is 9.59 Å². The molecule has 0 unspecified atom stereocenters. The summed E-state index contributed by atoms with van der Waals surface area (Å²) in [6.07, 6.45) is 39.2. The maximum atomic E-state index is 13.7. The number of hydrogen-bond donors (Lipinski definition) is 1. The van der Waals surface area contributed by atoms with E-state index >= 15 is 0 Å². The smallest absolute Gasteiger partial charge is 0.323 e. The summed E-state index contributed by atoms with van der Waals surface area (Å²) in [5.74, 6) is -1.19. The van der Waals surface area contributed by atoms with Crippen molar-refractivity contribution < 1.29 is 23.8 Å². The quantitative estimate of drug-likeness (QED) is 0.0164. The largest absolute Gasteiger partial charge is 0.465 e. The van der Waals surface area contributed by atoms with Gasteiger partial charge in [-0.05, 0) is 50.5 Å². The van der Waals surface area contributed by atoms with Gasteiger partial charge in [-0.2, -0.15) is 0 Å². The summed E-state index contributed by atoms with van der Waals surface area (Å²) >= 11 is 0. The molecule has 0 saturated carbocycles. The Hall–Kier alpha value is -1.83. The minimum absolute atomic E-state index is 0.100. The van der Waals surface area contributed by atoms with E-state index in [0.717, 1.165) is 70.6 Å². The van der Waals surface area contributed by atoms with Crippen molar-refractivity contribution in [2.45, 2.75) is 276 Å². The van der Waals surface area contributed by atoms with Crippen LogP contribution in [0.2, 0.25) is 0 Å². The number of rotatable bonds is 41. The van der Waals surface area contributed by atoms with Crippen LogP contribution in [0.1, 0.15) is 252 Å². The lowest BCUT2D eigenvalue weighted by Crippen LogP contribution is -2.42. The highest BCUT2D eigenvalue weighted by Gasteiger charge is 2.37. The third kappa shape index (κ3) is 28.6. The second-order valence-corrected chi connectivity index (χ2v) is 17.0. The molecule has 0 spiro atoms. The molecule has 0 amide bonds.